The molecule has 2 aromatic carbocycles. The zero-order valence-corrected chi connectivity index (χ0v) is 19.3. The van der Waals surface area contributed by atoms with Gasteiger partial charge in [-0.2, -0.15) is 4.31 Å². The van der Waals surface area contributed by atoms with Gasteiger partial charge < -0.3 is 0 Å². The highest BCUT2D eigenvalue weighted by atomic mass is 32.2. The summed E-state index contributed by atoms with van der Waals surface area (Å²) in [5, 5.41) is 0. The summed E-state index contributed by atoms with van der Waals surface area (Å²) in [6, 6.07) is 9.25. The van der Waals surface area contributed by atoms with Crippen molar-refractivity contribution in [1.82, 2.24) is 15.2 Å². The normalized spacial score (nSPS) is 15.4. The Bertz CT molecular complexity index is 1090. The predicted octanol–water partition coefficient (Wildman–Crippen LogP) is 2.54. The lowest BCUT2D eigenvalue weighted by atomic mass is 9.98. The number of aryl methyl sites for hydroxylation is 3. The van der Waals surface area contributed by atoms with Gasteiger partial charge in [0.05, 0.1) is 11.3 Å². The van der Waals surface area contributed by atoms with Crippen molar-refractivity contribution in [1.29, 1.82) is 0 Å². The van der Waals surface area contributed by atoms with Crippen molar-refractivity contribution in [3.63, 3.8) is 0 Å². The summed E-state index contributed by atoms with van der Waals surface area (Å²) in [6.07, 6.45) is 0.734. The number of hydrazine groups is 1. The lowest BCUT2D eigenvalue weighted by molar-refractivity contribution is -0.131. The Morgan fingerprint density at radius 2 is 1.56 bits per heavy atom. The van der Waals surface area contributed by atoms with E-state index in [4.69, 9.17) is 0 Å². The monoisotopic (exact) mass is 461 g/mol. The second-order valence-corrected chi connectivity index (χ2v) is 10.1. The molecule has 0 aromatic heterocycles. The minimum atomic E-state index is -3.65. The van der Waals surface area contributed by atoms with E-state index < -0.39 is 21.8 Å². The first-order valence-corrected chi connectivity index (χ1v) is 11.9. The van der Waals surface area contributed by atoms with E-state index in [1.54, 1.807) is 13.8 Å². The van der Waals surface area contributed by atoms with E-state index in [2.05, 4.69) is 10.9 Å². The minimum Gasteiger partial charge on any atom is -0.273 e. The molecule has 0 atom stereocenters. The van der Waals surface area contributed by atoms with Crippen molar-refractivity contribution in [2.24, 2.45) is 5.92 Å². The third-order valence-electron chi connectivity index (χ3n) is 5.63. The number of rotatable bonds is 5. The average molecular weight is 462 g/mol. The number of sulfonamides is 1. The molecule has 9 heteroatoms. The molecular formula is C23H28FN3O4S. The average Bonchev–Trinajstić information content (AvgIpc) is 2.73. The highest BCUT2D eigenvalue weighted by Crippen LogP contribution is 2.28. The van der Waals surface area contributed by atoms with Crippen LogP contribution in [0.2, 0.25) is 0 Å². The summed E-state index contributed by atoms with van der Waals surface area (Å²) >= 11 is 0. The van der Waals surface area contributed by atoms with Gasteiger partial charge in [0.1, 0.15) is 5.82 Å². The van der Waals surface area contributed by atoms with Crippen molar-refractivity contribution in [2.45, 2.75) is 44.9 Å². The molecule has 0 aliphatic carbocycles. The van der Waals surface area contributed by atoms with Gasteiger partial charge in [-0.3, -0.25) is 20.4 Å². The smallest absolute Gasteiger partial charge is 0.243 e. The van der Waals surface area contributed by atoms with Crippen LogP contribution in [0.1, 0.15) is 35.1 Å². The first kappa shape index (κ1) is 23.9. The van der Waals surface area contributed by atoms with E-state index in [9.17, 15) is 22.4 Å². The van der Waals surface area contributed by atoms with Gasteiger partial charge in [0, 0.05) is 19.0 Å². The highest BCUT2D eigenvalue weighted by molar-refractivity contribution is 7.89. The molecule has 0 radical (unpaired) electrons. The lowest BCUT2D eigenvalue weighted by Gasteiger charge is -2.31. The van der Waals surface area contributed by atoms with Gasteiger partial charge in [-0.1, -0.05) is 29.8 Å². The third kappa shape index (κ3) is 5.52. The fourth-order valence-corrected chi connectivity index (χ4v) is 6.01. The van der Waals surface area contributed by atoms with Crippen LogP contribution in [0, 0.1) is 32.5 Å². The van der Waals surface area contributed by atoms with E-state index in [0.717, 1.165) is 5.56 Å². The lowest BCUT2D eigenvalue weighted by Crippen LogP contribution is -2.48. The van der Waals surface area contributed by atoms with Crippen LogP contribution in [0.5, 0.6) is 0 Å². The van der Waals surface area contributed by atoms with Gasteiger partial charge in [0.15, 0.2) is 0 Å². The Morgan fingerprint density at radius 3 is 2.12 bits per heavy atom. The SMILES string of the molecule is Cc1cc(C)c(S(=O)(=O)N2CCC(C(=O)NNC(=O)Cc3ccc(F)cc3)CC2)c(C)c1. The van der Waals surface area contributed by atoms with Crippen molar-refractivity contribution in [3.8, 4) is 0 Å². The quantitative estimate of drug-likeness (QED) is 0.669. The standard InChI is InChI=1S/C23H28FN3O4S/c1-15-12-16(2)22(17(3)13-15)32(30,31)27-10-8-19(9-11-27)23(29)26-25-21(28)14-18-4-6-20(24)7-5-18/h4-7,12-13,19H,8-11,14H2,1-3H3,(H,25,28)(H,26,29). The van der Waals surface area contributed by atoms with Crippen molar-refractivity contribution in [2.75, 3.05) is 13.1 Å². The topological polar surface area (TPSA) is 95.6 Å². The second-order valence-electron chi connectivity index (χ2n) is 8.25. The Kier molecular flexibility index (Phi) is 7.30. The van der Waals surface area contributed by atoms with Crippen molar-refractivity contribution in [3.05, 3.63) is 64.5 Å². The summed E-state index contributed by atoms with van der Waals surface area (Å²) in [6.45, 7) is 5.98. The number of benzene rings is 2. The van der Waals surface area contributed by atoms with Crippen LogP contribution in [0.4, 0.5) is 4.39 Å². The summed E-state index contributed by atoms with van der Waals surface area (Å²) in [5.41, 5.74) is 7.84. The Morgan fingerprint density at radius 1 is 1.00 bits per heavy atom. The number of nitrogens with zero attached hydrogens (tertiary/aromatic N) is 1. The number of nitrogens with one attached hydrogen (secondary N) is 2. The number of carbonyl (C=O) groups is 2. The Balaban J connectivity index is 1.53. The molecule has 0 bridgehead atoms. The van der Waals surface area contributed by atoms with Gasteiger partial charge in [0.2, 0.25) is 21.8 Å². The van der Waals surface area contributed by atoms with Crippen LogP contribution in [-0.2, 0) is 26.0 Å². The summed E-state index contributed by atoms with van der Waals surface area (Å²) in [5.74, 6) is -1.55. The molecular weight excluding hydrogens is 433 g/mol. The molecule has 0 spiro atoms. The largest absolute Gasteiger partial charge is 0.273 e. The molecule has 1 fully saturated rings. The molecule has 32 heavy (non-hydrogen) atoms. The molecule has 1 saturated heterocycles. The maximum Gasteiger partial charge on any atom is 0.243 e. The van der Waals surface area contributed by atoms with Gasteiger partial charge in [-0.25, -0.2) is 12.8 Å². The van der Waals surface area contributed by atoms with Crippen LogP contribution in [-0.4, -0.2) is 37.6 Å². The molecule has 1 aliphatic heterocycles. The van der Waals surface area contributed by atoms with E-state index in [0.29, 0.717) is 34.4 Å². The second kappa shape index (κ2) is 9.79. The minimum absolute atomic E-state index is 0.00645. The molecule has 2 amide bonds. The Hall–Kier alpha value is -2.78. The highest BCUT2D eigenvalue weighted by Gasteiger charge is 2.33. The maximum absolute atomic E-state index is 13.2. The molecule has 0 unspecified atom stereocenters. The molecule has 0 saturated carbocycles. The van der Waals surface area contributed by atoms with Crippen LogP contribution in [0.15, 0.2) is 41.3 Å². The zero-order chi connectivity index (χ0) is 23.5. The summed E-state index contributed by atoms with van der Waals surface area (Å²) in [7, 11) is -3.65. The van der Waals surface area contributed by atoms with Crippen LogP contribution in [0.25, 0.3) is 0 Å². The molecule has 3 rings (SSSR count). The maximum atomic E-state index is 13.2. The van der Waals surface area contributed by atoms with Gasteiger partial charge >= 0.3 is 0 Å². The van der Waals surface area contributed by atoms with E-state index in [1.165, 1.54) is 28.6 Å². The number of carbonyl (C=O) groups excluding carboxylic acids is 2. The zero-order valence-electron chi connectivity index (χ0n) is 18.4. The first-order valence-electron chi connectivity index (χ1n) is 10.5. The number of amides is 2. The Labute approximate surface area is 188 Å². The number of piperidine rings is 1. The molecule has 172 valence electrons. The summed E-state index contributed by atoms with van der Waals surface area (Å²) < 4.78 is 40.7. The molecule has 1 aliphatic rings. The fourth-order valence-electron chi connectivity index (χ4n) is 4.13. The fraction of sp³-hybridized carbons (Fsp3) is 0.391. The predicted molar refractivity (Wildman–Crippen MR) is 119 cm³/mol. The van der Waals surface area contributed by atoms with Gasteiger partial charge in [-0.15, -0.1) is 0 Å². The first-order chi connectivity index (χ1) is 15.1. The van der Waals surface area contributed by atoms with Crippen molar-refractivity contribution < 1.29 is 22.4 Å². The molecule has 2 N–H and O–H groups in total. The summed E-state index contributed by atoms with van der Waals surface area (Å²) in [4.78, 5) is 24.8. The van der Waals surface area contributed by atoms with E-state index in [-0.39, 0.29) is 31.2 Å². The third-order valence-corrected chi connectivity index (χ3v) is 7.84. The van der Waals surface area contributed by atoms with E-state index >= 15 is 0 Å². The van der Waals surface area contributed by atoms with Gasteiger partial charge in [0.25, 0.3) is 0 Å². The number of hydrogen-bond donors (Lipinski definition) is 2. The molecule has 1 heterocycles. The molecule has 7 nitrogen and oxygen atoms in total. The number of halogens is 1. The van der Waals surface area contributed by atoms with E-state index in [1.807, 2.05) is 19.1 Å². The molecule has 2 aromatic rings. The van der Waals surface area contributed by atoms with Gasteiger partial charge in [-0.05, 0) is 62.4 Å². The number of hydrogen-bond acceptors (Lipinski definition) is 4. The van der Waals surface area contributed by atoms with Crippen molar-refractivity contribution >= 4 is 21.8 Å². The van der Waals surface area contributed by atoms with Crippen LogP contribution < -0.4 is 10.9 Å². The van der Waals surface area contributed by atoms with Crippen LogP contribution >= 0.6 is 0 Å². The van der Waals surface area contributed by atoms with Crippen LogP contribution in [0.3, 0.4) is 0 Å².